The van der Waals surface area contributed by atoms with Crippen LogP contribution >= 0.6 is 11.8 Å². The number of hydrogen-bond acceptors (Lipinski definition) is 6. The van der Waals surface area contributed by atoms with Gasteiger partial charge in [0.25, 0.3) is 0 Å². The van der Waals surface area contributed by atoms with Gasteiger partial charge in [0, 0.05) is 38.0 Å². The van der Waals surface area contributed by atoms with Crippen LogP contribution in [0.5, 0.6) is 0 Å². The van der Waals surface area contributed by atoms with Crippen LogP contribution in [0.4, 0.5) is 0 Å². The molecule has 0 aromatic carbocycles. The Balaban J connectivity index is 1.35. The summed E-state index contributed by atoms with van der Waals surface area (Å²) in [5.41, 5.74) is 0.595. The summed E-state index contributed by atoms with van der Waals surface area (Å²) in [6, 6.07) is 0.548. The molecule has 0 radical (unpaired) electrons. The number of carbonyl (C=O) groups excluding carboxylic acids is 1. The molecule has 8 heteroatoms. The lowest BCUT2D eigenvalue weighted by Crippen LogP contribution is -2.96. The van der Waals surface area contributed by atoms with Crippen LogP contribution in [0.15, 0.2) is 0 Å². The largest absolute Gasteiger partial charge is 0.392 e. The number of morpholine rings is 1. The summed E-state index contributed by atoms with van der Waals surface area (Å²) in [5.74, 6) is 0.712. The number of rotatable bonds is 6. The Kier molecular flexibility index (Phi) is 7.55. The van der Waals surface area contributed by atoms with Gasteiger partial charge in [-0.05, 0) is 43.6 Å². The van der Waals surface area contributed by atoms with Gasteiger partial charge in [0.2, 0.25) is 5.91 Å². The molecule has 31 heavy (non-hydrogen) atoms. The maximum atomic E-state index is 12.9. The summed E-state index contributed by atoms with van der Waals surface area (Å²) >= 11 is 2.06. The van der Waals surface area contributed by atoms with Gasteiger partial charge in [0.1, 0.15) is 6.04 Å². The first-order valence-corrected chi connectivity index (χ1v) is 13.2. The molecule has 3 unspecified atom stereocenters. The third-order valence-corrected chi connectivity index (χ3v) is 10.3. The highest BCUT2D eigenvalue weighted by Gasteiger charge is 2.60. The van der Waals surface area contributed by atoms with Gasteiger partial charge in [-0.25, -0.2) is 0 Å². The molecular weight excluding hydrogens is 412 g/mol. The minimum Gasteiger partial charge on any atom is -0.392 e. The van der Waals surface area contributed by atoms with Crippen LogP contribution < -0.4 is 16.0 Å². The number of thioether (sulfide) groups is 1. The standard InChI is InChI=1S/C23H42N4O3S/c1-14(21(29)25-7-8-27-9-11-30-12-10-27)16-5-6-23(3)13-17-19(26-22(24-4)31-17)15(2)18(23)20(16)28/h14-20,22,24,26,28H,5-13H2,1-4H3,(H,25,29)/p+1/t14-,15+,16-,17?,18+,19?,20-,22?,23+/m0/s1. The number of fused-ring (bicyclic) bond motifs is 2. The van der Waals surface area contributed by atoms with Gasteiger partial charge in [-0.3, -0.25) is 15.0 Å². The van der Waals surface area contributed by atoms with Gasteiger partial charge in [0.15, 0.2) is 5.50 Å². The van der Waals surface area contributed by atoms with Crippen molar-refractivity contribution in [3.8, 4) is 0 Å². The highest BCUT2D eigenvalue weighted by molar-refractivity contribution is 8.00. The number of carbonyl (C=O) groups is 1. The van der Waals surface area contributed by atoms with E-state index in [0.717, 1.165) is 45.7 Å². The molecule has 5 N–H and O–H groups in total. The highest BCUT2D eigenvalue weighted by atomic mass is 32.2. The number of nitrogens with two attached hydrogens (primary N) is 1. The molecular formula is C23H43N4O3S+. The average Bonchev–Trinajstić information content (AvgIpc) is 3.17. The van der Waals surface area contributed by atoms with E-state index >= 15 is 0 Å². The second kappa shape index (κ2) is 9.85. The molecule has 0 bridgehead atoms. The number of aliphatic hydroxyl groups is 1. The summed E-state index contributed by atoms with van der Waals surface area (Å²) in [5, 5.41) is 21.2. The van der Waals surface area contributed by atoms with E-state index in [1.54, 1.807) is 0 Å². The van der Waals surface area contributed by atoms with E-state index in [1.165, 1.54) is 6.42 Å². The van der Waals surface area contributed by atoms with Gasteiger partial charge in [-0.15, -0.1) is 0 Å². The van der Waals surface area contributed by atoms with E-state index in [1.807, 2.05) is 14.0 Å². The first-order chi connectivity index (χ1) is 14.8. The zero-order valence-corrected chi connectivity index (χ0v) is 20.5. The van der Waals surface area contributed by atoms with Crippen molar-refractivity contribution in [2.24, 2.45) is 29.1 Å². The predicted octanol–water partition coefficient (Wildman–Crippen LogP) is 0.0545. The SMILES string of the molecule is CNC1[NH2+]C2C(C[C@@]3(C)CC[C@@H]([C@H](C)C(=O)NCCN4CCOCC4)[C@H](O)[C@H]3[C@H]2C)S1. The molecule has 178 valence electrons. The normalized spacial score (nSPS) is 44.4. The maximum Gasteiger partial charge on any atom is 0.223 e. The zero-order valence-electron chi connectivity index (χ0n) is 19.7. The summed E-state index contributed by atoms with van der Waals surface area (Å²) in [6.45, 7) is 11.7. The molecule has 2 heterocycles. The monoisotopic (exact) mass is 455 g/mol. The first kappa shape index (κ1) is 23.8. The number of hydrogen-bond donors (Lipinski definition) is 4. The third kappa shape index (κ3) is 4.80. The van der Waals surface area contributed by atoms with E-state index in [2.05, 4.69) is 46.5 Å². The lowest BCUT2D eigenvalue weighted by molar-refractivity contribution is -0.706. The molecule has 0 aromatic rings. The minimum atomic E-state index is -0.401. The molecule has 4 rings (SSSR count). The summed E-state index contributed by atoms with van der Waals surface area (Å²) in [6.07, 6.45) is 2.83. The lowest BCUT2D eigenvalue weighted by atomic mass is 9.51. The molecule has 4 fully saturated rings. The van der Waals surface area contributed by atoms with Crippen molar-refractivity contribution >= 4 is 17.7 Å². The Morgan fingerprint density at radius 2 is 2.13 bits per heavy atom. The van der Waals surface area contributed by atoms with Crippen molar-refractivity contribution in [3.63, 3.8) is 0 Å². The number of nitrogens with one attached hydrogen (secondary N) is 2. The van der Waals surface area contributed by atoms with E-state index in [-0.39, 0.29) is 29.1 Å². The number of amides is 1. The van der Waals surface area contributed by atoms with Gasteiger partial charge in [-0.1, -0.05) is 32.5 Å². The van der Waals surface area contributed by atoms with Crippen LogP contribution in [-0.2, 0) is 9.53 Å². The van der Waals surface area contributed by atoms with Crippen LogP contribution in [0.1, 0.15) is 40.0 Å². The fraction of sp³-hybridized carbons (Fsp3) is 0.957. The summed E-state index contributed by atoms with van der Waals surface area (Å²) in [4.78, 5) is 15.3. The Labute approximate surface area is 191 Å². The number of nitrogens with zero attached hydrogens (tertiary/aromatic N) is 1. The number of quaternary nitrogens is 1. The smallest absolute Gasteiger partial charge is 0.223 e. The minimum absolute atomic E-state index is 0.0506. The van der Waals surface area contributed by atoms with Gasteiger partial charge < -0.3 is 20.5 Å². The van der Waals surface area contributed by atoms with Crippen molar-refractivity contribution in [1.82, 2.24) is 15.5 Å². The fourth-order valence-electron chi connectivity index (χ4n) is 6.97. The molecule has 4 aliphatic rings. The first-order valence-electron chi connectivity index (χ1n) is 12.3. The molecule has 2 aliphatic carbocycles. The van der Waals surface area contributed by atoms with E-state index < -0.39 is 6.10 Å². The van der Waals surface area contributed by atoms with Crippen LogP contribution in [0.25, 0.3) is 0 Å². The molecule has 2 saturated carbocycles. The van der Waals surface area contributed by atoms with Crippen molar-refractivity contribution in [2.75, 3.05) is 46.4 Å². The summed E-state index contributed by atoms with van der Waals surface area (Å²) < 4.78 is 5.39. The topological polar surface area (TPSA) is 90.4 Å². The van der Waals surface area contributed by atoms with Crippen LogP contribution in [0, 0.1) is 29.1 Å². The Hall–Kier alpha value is -0.380. The zero-order chi connectivity index (χ0) is 22.2. The van der Waals surface area contributed by atoms with Gasteiger partial charge >= 0.3 is 0 Å². The van der Waals surface area contributed by atoms with Crippen molar-refractivity contribution in [2.45, 2.75) is 62.9 Å². The van der Waals surface area contributed by atoms with E-state index in [4.69, 9.17) is 4.74 Å². The molecule has 9 atom stereocenters. The fourth-order valence-corrected chi connectivity index (χ4v) is 8.75. The average molecular weight is 456 g/mol. The van der Waals surface area contributed by atoms with Gasteiger partial charge in [-0.2, -0.15) is 0 Å². The lowest BCUT2D eigenvalue weighted by Gasteiger charge is -2.55. The Morgan fingerprint density at radius 3 is 2.84 bits per heavy atom. The van der Waals surface area contributed by atoms with Crippen molar-refractivity contribution < 1.29 is 20.0 Å². The van der Waals surface area contributed by atoms with E-state index in [9.17, 15) is 9.90 Å². The molecule has 0 aromatic heterocycles. The predicted molar refractivity (Wildman–Crippen MR) is 123 cm³/mol. The van der Waals surface area contributed by atoms with Crippen molar-refractivity contribution in [1.29, 1.82) is 0 Å². The molecule has 2 saturated heterocycles. The van der Waals surface area contributed by atoms with E-state index in [0.29, 0.717) is 29.3 Å². The van der Waals surface area contributed by atoms with Crippen LogP contribution in [-0.4, -0.2) is 85.2 Å². The van der Waals surface area contributed by atoms with Gasteiger partial charge in [0.05, 0.1) is 24.6 Å². The molecule has 7 nitrogen and oxygen atoms in total. The quantitative estimate of drug-likeness (QED) is 0.453. The Morgan fingerprint density at radius 1 is 1.39 bits per heavy atom. The number of aliphatic hydroxyl groups excluding tert-OH is 1. The number of ether oxygens (including phenoxy) is 1. The van der Waals surface area contributed by atoms with Crippen LogP contribution in [0.3, 0.4) is 0 Å². The molecule has 0 spiro atoms. The highest BCUT2D eigenvalue weighted by Crippen LogP contribution is 2.57. The molecule has 1 amide bonds. The van der Waals surface area contributed by atoms with Crippen LogP contribution in [0.2, 0.25) is 0 Å². The maximum absolute atomic E-state index is 12.9. The molecule has 2 aliphatic heterocycles. The van der Waals surface area contributed by atoms with Crippen molar-refractivity contribution in [3.05, 3.63) is 0 Å². The second-order valence-corrected chi connectivity index (χ2v) is 12.0. The Bertz CT molecular complexity index is 634. The summed E-state index contributed by atoms with van der Waals surface area (Å²) in [7, 11) is 2.04. The third-order valence-electron chi connectivity index (χ3n) is 8.82. The second-order valence-electron chi connectivity index (χ2n) is 10.6.